The Morgan fingerprint density at radius 1 is 1.16 bits per heavy atom. The molecule has 3 aliphatic rings. The fourth-order valence-corrected chi connectivity index (χ4v) is 5.88. The maximum atomic E-state index is 13.9. The highest BCUT2D eigenvalue weighted by molar-refractivity contribution is 6.24. The number of carbonyl (C=O) groups is 4. The minimum Gasteiger partial charge on any atom is -0.508 e. The molecule has 1 saturated carbocycles. The second-order valence-corrected chi connectivity index (χ2v) is 9.59. The molecular formula is C24H27N3O10. The van der Waals surface area contributed by atoms with Crippen LogP contribution < -0.4 is 11.1 Å². The van der Waals surface area contributed by atoms with Crippen molar-refractivity contribution in [1.29, 1.82) is 0 Å². The lowest BCUT2D eigenvalue weighted by Gasteiger charge is -2.53. The summed E-state index contributed by atoms with van der Waals surface area (Å²) in [6.45, 7) is 1.60. The van der Waals surface area contributed by atoms with Gasteiger partial charge < -0.3 is 36.0 Å². The van der Waals surface area contributed by atoms with Crippen LogP contribution in [0.3, 0.4) is 0 Å². The predicted octanol–water partition coefficient (Wildman–Crippen LogP) is -0.326. The zero-order valence-electron chi connectivity index (χ0n) is 20.3. The van der Waals surface area contributed by atoms with E-state index in [1.54, 1.807) is 6.92 Å². The van der Waals surface area contributed by atoms with Crippen LogP contribution in [0, 0.1) is 11.8 Å². The normalized spacial score (nSPS) is 31.1. The fourth-order valence-electron chi connectivity index (χ4n) is 5.88. The van der Waals surface area contributed by atoms with Crippen LogP contribution in [0.2, 0.25) is 0 Å². The molecule has 4 rings (SSSR count). The van der Waals surface area contributed by atoms with Gasteiger partial charge in [0.25, 0.3) is 5.91 Å². The molecule has 13 heteroatoms. The topological polar surface area (TPSA) is 220 Å². The van der Waals surface area contributed by atoms with Crippen molar-refractivity contribution >= 4 is 35.0 Å². The van der Waals surface area contributed by atoms with Crippen LogP contribution in [0.4, 0.5) is 10.5 Å². The number of ketones is 2. The molecule has 1 fully saturated rings. The third kappa shape index (κ3) is 3.35. The van der Waals surface area contributed by atoms with Crippen molar-refractivity contribution in [2.45, 2.75) is 30.6 Å². The zero-order chi connectivity index (χ0) is 27.7. The van der Waals surface area contributed by atoms with Crippen molar-refractivity contribution in [3.8, 4) is 5.75 Å². The first kappa shape index (κ1) is 26.1. The van der Waals surface area contributed by atoms with Crippen LogP contribution in [0.5, 0.6) is 5.75 Å². The van der Waals surface area contributed by atoms with Gasteiger partial charge in [0, 0.05) is 11.5 Å². The number of phenols is 1. The Morgan fingerprint density at radius 2 is 1.78 bits per heavy atom. The Balaban J connectivity index is 2.01. The minimum absolute atomic E-state index is 0.154. The van der Waals surface area contributed by atoms with Crippen LogP contribution in [-0.4, -0.2) is 93.0 Å². The van der Waals surface area contributed by atoms with E-state index in [0.717, 1.165) is 7.11 Å². The van der Waals surface area contributed by atoms with Gasteiger partial charge in [0.2, 0.25) is 5.78 Å². The largest absolute Gasteiger partial charge is 0.508 e. The number of ether oxygens (including phenoxy) is 1. The fraction of sp³-hybridized carbons (Fsp3) is 0.417. The van der Waals surface area contributed by atoms with E-state index >= 15 is 0 Å². The molecule has 1 aromatic carbocycles. The van der Waals surface area contributed by atoms with Crippen molar-refractivity contribution in [2.75, 3.05) is 26.5 Å². The number of aliphatic hydroxyl groups excluding tert-OH is 3. The molecule has 0 heterocycles. The number of fused-ring (bicyclic) bond motifs is 3. The average Bonchev–Trinajstić information content (AvgIpc) is 2.82. The monoisotopic (exact) mass is 517 g/mol. The van der Waals surface area contributed by atoms with Crippen molar-refractivity contribution in [1.82, 2.24) is 4.90 Å². The number of nitrogens with one attached hydrogen (secondary N) is 1. The number of amides is 2. The molecule has 0 spiro atoms. The van der Waals surface area contributed by atoms with Crippen LogP contribution in [0.15, 0.2) is 29.0 Å². The van der Waals surface area contributed by atoms with E-state index in [1.807, 2.05) is 0 Å². The number of primary amides is 1. The van der Waals surface area contributed by atoms with E-state index in [9.17, 15) is 44.7 Å². The SMILES string of the molecule is COC(=O)Nc1ccc2c(c1O)C(O)=C1C(=O)[C@]3(O)C(O)=C(C(N)=O)C(=O)[C@@H](N(C)C)[C@@H]3[C@@H](O)C1[C@H]2C. The maximum Gasteiger partial charge on any atom is 0.411 e. The summed E-state index contributed by atoms with van der Waals surface area (Å²) in [4.78, 5) is 52.0. The number of methoxy groups -OCH3 is 1. The van der Waals surface area contributed by atoms with Gasteiger partial charge in [-0.15, -0.1) is 0 Å². The number of Topliss-reactive ketones (excluding diaryl/α,β-unsaturated/α-hetero) is 2. The summed E-state index contributed by atoms with van der Waals surface area (Å²) in [5.41, 5.74) is 0.667. The number of nitrogens with two attached hydrogens (primary N) is 1. The van der Waals surface area contributed by atoms with Crippen LogP contribution in [0.1, 0.15) is 24.0 Å². The summed E-state index contributed by atoms with van der Waals surface area (Å²) >= 11 is 0. The quantitative estimate of drug-likeness (QED) is 0.203. The summed E-state index contributed by atoms with van der Waals surface area (Å²) in [5.74, 6) is -9.96. The van der Waals surface area contributed by atoms with Gasteiger partial charge >= 0.3 is 6.09 Å². The number of hydrogen-bond acceptors (Lipinski definition) is 11. The number of aromatic hydroxyl groups is 1. The first-order chi connectivity index (χ1) is 17.2. The number of benzene rings is 1. The molecule has 6 atom stereocenters. The Morgan fingerprint density at radius 3 is 2.32 bits per heavy atom. The number of likely N-dealkylation sites (N-methyl/N-ethyl adjacent to an activating group) is 1. The van der Waals surface area contributed by atoms with Crippen LogP contribution in [-0.2, 0) is 19.1 Å². The predicted molar refractivity (Wildman–Crippen MR) is 126 cm³/mol. The highest BCUT2D eigenvalue weighted by Gasteiger charge is 2.68. The number of aliphatic hydroxyl groups is 4. The summed E-state index contributed by atoms with van der Waals surface area (Å²) in [7, 11) is 3.96. The molecule has 0 aliphatic heterocycles. The number of nitrogens with zero attached hydrogens (tertiary/aromatic N) is 1. The van der Waals surface area contributed by atoms with Gasteiger partial charge in [0.15, 0.2) is 11.4 Å². The zero-order valence-corrected chi connectivity index (χ0v) is 20.3. The van der Waals surface area contributed by atoms with Gasteiger partial charge in [0.1, 0.15) is 22.8 Å². The van der Waals surface area contributed by atoms with Crippen LogP contribution in [0.25, 0.3) is 5.76 Å². The summed E-state index contributed by atoms with van der Waals surface area (Å²) in [6, 6.07) is 1.38. The Bertz CT molecular complexity index is 1320. The lowest BCUT2D eigenvalue weighted by molar-refractivity contribution is -0.169. The summed E-state index contributed by atoms with van der Waals surface area (Å²) in [6.07, 6.45) is -2.60. The number of phenolic OH excluding ortho intramolecular Hbond substituents is 1. The van der Waals surface area contributed by atoms with E-state index in [1.165, 1.54) is 31.1 Å². The van der Waals surface area contributed by atoms with Gasteiger partial charge in [-0.1, -0.05) is 13.0 Å². The Labute approximate surface area is 210 Å². The molecule has 3 aliphatic carbocycles. The van der Waals surface area contributed by atoms with Gasteiger partial charge in [-0.05, 0) is 31.6 Å². The lowest BCUT2D eigenvalue weighted by Crippen LogP contribution is -2.70. The average molecular weight is 517 g/mol. The van der Waals surface area contributed by atoms with Crippen molar-refractivity contribution in [2.24, 2.45) is 17.6 Å². The second kappa shape index (κ2) is 8.57. The second-order valence-electron chi connectivity index (χ2n) is 9.59. The lowest BCUT2D eigenvalue weighted by atomic mass is 9.54. The molecule has 37 heavy (non-hydrogen) atoms. The first-order valence-electron chi connectivity index (χ1n) is 11.2. The molecular weight excluding hydrogens is 490 g/mol. The summed E-state index contributed by atoms with van der Waals surface area (Å²) in [5, 5.41) is 58.4. The smallest absolute Gasteiger partial charge is 0.411 e. The number of anilines is 1. The molecule has 13 nitrogen and oxygen atoms in total. The molecule has 198 valence electrons. The van der Waals surface area contributed by atoms with Gasteiger partial charge in [0.05, 0.1) is 36.4 Å². The van der Waals surface area contributed by atoms with Gasteiger partial charge in [-0.2, -0.15) is 0 Å². The standard InChI is InChI=1S/C24H27N3O10/c1-7-8-5-6-9(26-23(35)37-4)16(28)11(8)17(29)12-10(7)18(30)14-15(27(2)3)19(31)13(22(25)34)21(33)24(14,36)20(12)32/h5-7,10,14-15,18,28-30,33,36H,1-4H3,(H2,25,34)(H,26,35)/t7-,10?,14+,15-,18-,24-/m0/s1. The van der Waals surface area contributed by atoms with Crippen molar-refractivity contribution in [3.63, 3.8) is 0 Å². The number of carbonyl (C=O) groups excluding carboxylic acids is 4. The highest BCUT2D eigenvalue weighted by atomic mass is 16.5. The number of hydrogen-bond donors (Lipinski definition) is 7. The van der Waals surface area contributed by atoms with E-state index in [0.29, 0.717) is 5.56 Å². The van der Waals surface area contributed by atoms with E-state index < -0.39 is 87.5 Å². The third-order valence-corrected chi connectivity index (χ3v) is 7.55. The first-order valence-corrected chi connectivity index (χ1v) is 11.2. The van der Waals surface area contributed by atoms with Crippen molar-refractivity contribution in [3.05, 3.63) is 40.2 Å². The molecule has 0 saturated heterocycles. The van der Waals surface area contributed by atoms with Gasteiger partial charge in [-0.25, -0.2) is 4.79 Å². The number of rotatable bonds is 3. The maximum absolute atomic E-state index is 13.9. The molecule has 1 unspecified atom stereocenters. The molecule has 0 bridgehead atoms. The molecule has 8 N–H and O–H groups in total. The van der Waals surface area contributed by atoms with Crippen molar-refractivity contribution < 1.29 is 49.4 Å². The Hall–Kier alpha value is -3.94. The van der Waals surface area contributed by atoms with Crippen LogP contribution >= 0.6 is 0 Å². The molecule has 0 radical (unpaired) electrons. The minimum atomic E-state index is -3.00. The van der Waals surface area contributed by atoms with E-state index in [4.69, 9.17) is 5.73 Å². The highest BCUT2D eigenvalue weighted by Crippen LogP contribution is 2.56. The Kier molecular flexibility index (Phi) is 6.06. The van der Waals surface area contributed by atoms with E-state index in [2.05, 4.69) is 10.1 Å². The van der Waals surface area contributed by atoms with E-state index in [-0.39, 0.29) is 11.3 Å². The van der Waals surface area contributed by atoms with Gasteiger partial charge in [-0.3, -0.25) is 24.6 Å². The molecule has 1 aromatic rings. The third-order valence-electron chi connectivity index (χ3n) is 7.55. The molecule has 0 aromatic heterocycles. The molecule has 2 amide bonds. The summed E-state index contributed by atoms with van der Waals surface area (Å²) < 4.78 is 4.51.